The van der Waals surface area contributed by atoms with Gasteiger partial charge in [0.25, 0.3) is 11.8 Å². The Balaban J connectivity index is 1.65. The molecule has 5 heteroatoms. The number of para-hydroxylation sites is 1. The Morgan fingerprint density at radius 1 is 1.14 bits per heavy atom. The number of carbonyl (C=O) groups is 2. The minimum absolute atomic E-state index is 0.0474. The molecule has 1 aliphatic heterocycles. The van der Waals surface area contributed by atoms with E-state index >= 15 is 0 Å². The zero-order valence-electron chi connectivity index (χ0n) is 16.9. The van der Waals surface area contributed by atoms with E-state index in [0.29, 0.717) is 23.6 Å². The summed E-state index contributed by atoms with van der Waals surface area (Å²) >= 11 is 0. The first-order chi connectivity index (χ1) is 13.3. The molecule has 2 aromatic carbocycles. The van der Waals surface area contributed by atoms with Crippen LogP contribution in [0.4, 0.5) is 5.69 Å². The molecule has 2 unspecified atom stereocenters. The van der Waals surface area contributed by atoms with Crippen LogP contribution < -0.4 is 10.1 Å². The number of nitrogens with zero attached hydrogens (tertiary/aromatic N) is 1. The van der Waals surface area contributed by atoms with E-state index in [2.05, 4.69) is 26.1 Å². The molecule has 0 bridgehead atoms. The lowest BCUT2D eigenvalue weighted by atomic mass is 10.0. The first-order valence-corrected chi connectivity index (χ1v) is 9.77. The fourth-order valence-corrected chi connectivity index (χ4v) is 3.53. The van der Waals surface area contributed by atoms with Gasteiger partial charge in [-0.3, -0.25) is 9.59 Å². The van der Waals surface area contributed by atoms with E-state index in [1.54, 1.807) is 29.2 Å². The monoisotopic (exact) mass is 380 g/mol. The Bertz CT molecular complexity index is 837. The smallest absolute Gasteiger partial charge is 0.265 e. The molecule has 2 aromatic rings. The third-order valence-corrected chi connectivity index (χ3v) is 5.11. The predicted molar refractivity (Wildman–Crippen MR) is 111 cm³/mol. The van der Waals surface area contributed by atoms with Crippen LogP contribution in [0.3, 0.4) is 0 Å². The van der Waals surface area contributed by atoms with Gasteiger partial charge in [-0.2, -0.15) is 0 Å². The number of benzene rings is 2. The highest BCUT2D eigenvalue weighted by Gasteiger charge is 2.29. The van der Waals surface area contributed by atoms with Gasteiger partial charge in [0.2, 0.25) is 0 Å². The topological polar surface area (TPSA) is 58.6 Å². The number of ether oxygens (including phenoxy) is 1. The number of rotatable bonds is 6. The average Bonchev–Trinajstić information content (AvgIpc) is 3.11. The molecule has 0 saturated carbocycles. The van der Waals surface area contributed by atoms with Crippen molar-refractivity contribution in [3.05, 3.63) is 59.7 Å². The van der Waals surface area contributed by atoms with Crippen LogP contribution in [0.2, 0.25) is 0 Å². The van der Waals surface area contributed by atoms with Crippen LogP contribution in [0, 0.1) is 5.92 Å². The summed E-state index contributed by atoms with van der Waals surface area (Å²) in [6, 6.07) is 14.9. The second-order valence-corrected chi connectivity index (χ2v) is 7.88. The molecule has 3 rings (SSSR count). The van der Waals surface area contributed by atoms with Crippen LogP contribution in [-0.4, -0.2) is 35.9 Å². The molecular formula is C23H28N2O3. The van der Waals surface area contributed by atoms with Crippen LogP contribution in [-0.2, 0) is 11.2 Å². The number of carbonyl (C=O) groups excluding carboxylic acids is 2. The summed E-state index contributed by atoms with van der Waals surface area (Å²) in [4.78, 5) is 27.2. The van der Waals surface area contributed by atoms with Crippen LogP contribution in [0.1, 0.15) is 43.1 Å². The van der Waals surface area contributed by atoms with Crippen molar-refractivity contribution in [2.75, 3.05) is 12.4 Å². The molecule has 2 amide bonds. The van der Waals surface area contributed by atoms with Gasteiger partial charge in [0.05, 0.1) is 0 Å². The lowest BCUT2D eigenvalue weighted by Gasteiger charge is -2.26. The van der Waals surface area contributed by atoms with E-state index in [0.717, 1.165) is 17.7 Å². The molecule has 0 aromatic heterocycles. The van der Waals surface area contributed by atoms with E-state index < -0.39 is 6.10 Å². The van der Waals surface area contributed by atoms with Crippen molar-refractivity contribution in [3.63, 3.8) is 0 Å². The zero-order chi connectivity index (χ0) is 20.3. The Hall–Kier alpha value is -2.82. The highest BCUT2D eigenvalue weighted by atomic mass is 16.5. The molecule has 0 fully saturated rings. The summed E-state index contributed by atoms with van der Waals surface area (Å²) in [5.74, 6) is 1.02. The maximum Gasteiger partial charge on any atom is 0.265 e. The van der Waals surface area contributed by atoms with Gasteiger partial charge in [-0.15, -0.1) is 0 Å². The van der Waals surface area contributed by atoms with E-state index in [-0.39, 0.29) is 17.9 Å². The first kappa shape index (κ1) is 19.9. The van der Waals surface area contributed by atoms with E-state index in [9.17, 15) is 9.59 Å². The van der Waals surface area contributed by atoms with Gasteiger partial charge in [0.15, 0.2) is 6.10 Å². The van der Waals surface area contributed by atoms with Crippen LogP contribution in [0.25, 0.3) is 0 Å². The highest BCUT2D eigenvalue weighted by Crippen LogP contribution is 2.28. The molecule has 1 aliphatic rings. The fourth-order valence-electron chi connectivity index (χ4n) is 3.53. The van der Waals surface area contributed by atoms with Crippen molar-refractivity contribution < 1.29 is 14.3 Å². The van der Waals surface area contributed by atoms with E-state index in [1.807, 2.05) is 31.3 Å². The number of hydrogen-bond acceptors (Lipinski definition) is 3. The summed E-state index contributed by atoms with van der Waals surface area (Å²) in [5.41, 5.74) is 2.19. The van der Waals surface area contributed by atoms with Gasteiger partial charge in [-0.05, 0) is 49.1 Å². The van der Waals surface area contributed by atoms with Gasteiger partial charge in [-0.1, -0.05) is 38.1 Å². The summed E-state index contributed by atoms with van der Waals surface area (Å²) in [6.45, 7) is 6.35. The van der Waals surface area contributed by atoms with Crippen molar-refractivity contribution >= 4 is 17.5 Å². The number of nitrogens with one attached hydrogen (secondary N) is 1. The number of anilines is 1. The summed E-state index contributed by atoms with van der Waals surface area (Å²) < 4.78 is 5.74. The number of amides is 2. The van der Waals surface area contributed by atoms with E-state index in [4.69, 9.17) is 4.74 Å². The Labute approximate surface area is 166 Å². The van der Waals surface area contributed by atoms with Crippen molar-refractivity contribution in [2.24, 2.45) is 5.92 Å². The molecule has 0 spiro atoms. The lowest BCUT2D eigenvalue weighted by Crippen LogP contribution is -2.36. The largest absolute Gasteiger partial charge is 0.480 e. The van der Waals surface area contributed by atoms with Gasteiger partial charge in [0.1, 0.15) is 5.75 Å². The van der Waals surface area contributed by atoms with E-state index in [1.165, 1.54) is 0 Å². The van der Waals surface area contributed by atoms with Crippen molar-refractivity contribution in [1.29, 1.82) is 0 Å². The van der Waals surface area contributed by atoms with Crippen molar-refractivity contribution in [1.82, 2.24) is 4.90 Å². The molecule has 1 heterocycles. The quantitative estimate of drug-likeness (QED) is 0.819. The molecular weight excluding hydrogens is 352 g/mol. The van der Waals surface area contributed by atoms with Crippen molar-refractivity contribution in [3.8, 4) is 5.75 Å². The number of fused-ring (bicyclic) bond motifs is 1. The minimum Gasteiger partial charge on any atom is -0.480 e. The lowest BCUT2D eigenvalue weighted by molar-refractivity contribution is -0.122. The number of hydrogen-bond donors (Lipinski definition) is 1. The van der Waals surface area contributed by atoms with Crippen molar-refractivity contribution in [2.45, 2.75) is 45.8 Å². The summed E-state index contributed by atoms with van der Waals surface area (Å²) in [7, 11) is 1.82. The third-order valence-electron chi connectivity index (χ3n) is 5.11. The third kappa shape index (κ3) is 4.53. The Morgan fingerprint density at radius 2 is 1.89 bits per heavy atom. The molecule has 148 valence electrons. The maximum atomic E-state index is 12.8. The molecule has 1 N–H and O–H groups in total. The standard InChI is InChI=1S/C23H28N2O3/c1-15(2)12-16(3)25(4)23(27)18-9-7-10-19(13-18)24-22(26)21-14-17-8-5-6-11-20(17)28-21/h5-11,13,15-16,21H,12,14H2,1-4H3,(H,24,26). The van der Waals surface area contributed by atoms with Gasteiger partial charge in [-0.25, -0.2) is 0 Å². The Morgan fingerprint density at radius 3 is 2.61 bits per heavy atom. The SMILES string of the molecule is CC(C)CC(C)N(C)C(=O)c1cccc(NC(=O)C2Cc3ccccc3O2)c1. The van der Waals surface area contributed by atoms with Gasteiger partial charge >= 0.3 is 0 Å². The maximum absolute atomic E-state index is 12.8. The first-order valence-electron chi connectivity index (χ1n) is 9.77. The van der Waals surface area contributed by atoms with Crippen LogP contribution >= 0.6 is 0 Å². The summed E-state index contributed by atoms with van der Waals surface area (Å²) in [6.07, 6.45) is 0.944. The molecule has 28 heavy (non-hydrogen) atoms. The average molecular weight is 380 g/mol. The predicted octanol–water partition coefficient (Wildman–Crippen LogP) is 4.14. The highest BCUT2D eigenvalue weighted by molar-refractivity contribution is 5.98. The van der Waals surface area contributed by atoms with Gasteiger partial charge < -0.3 is 15.0 Å². The summed E-state index contributed by atoms with van der Waals surface area (Å²) in [5, 5.41) is 2.88. The Kier molecular flexibility index (Phi) is 6.02. The van der Waals surface area contributed by atoms with Crippen LogP contribution in [0.5, 0.6) is 5.75 Å². The zero-order valence-corrected chi connectivity index (χ0v) is 16.9. The minimum atomic E-state index is -0.550. The second kappa shape index (κ2) is 8.46. The molecule has 0 aliphatic carbocycles. The normalized spacial score (nSPS) is 16.2. The molecule has 2 atom stereocenters. The molecule has 5 nitrogen and oxygen atoms in total. The van der Waals surface area contributed by atoms with Gasteiger partial charge in [0, 0.05) is 30.8 Å². The fraction of sp³-hybridized carbons (Fsp3) is 0.391. The second-order valence-electron chi connectivity index (χ2n) is 7.88. The molecule has 0 saturated heterocycles. The van der Waals surface area contributed by atoms with Crippen LogP contribution in [0.15, 0.2) is 48.5 Å². The molecule has 0 radical (unpaired) electrons.